The predicted octanol–water partition coefficient (Wildman–Crippen LogP) is 1.75. The monoisotopic (exact) mass is 282 g/mol. The molecule has 0 atom stereocenters. The summed E-state index contributed by atoms with van der Waals surface area (Å²) in [6.45, 7) is 5.71. The van der Waals surface area contributed by atoms with Crippen LogP contribution in [0.15, 0.2) is 12.3 Å². The van der Waals surface area contributed by atoms with Crippen LogP contribution in [0.1, 0.15) is 32.4 Å². The van der Waals surface area contributed by atoms with Gasteiger partial charge in [0.15, 0.2) is 0 Å². The first-order valence-corrected chi connectivity index (χ1v) is 6.93. The number of nitrogens with two attached hydrogens (primary N) is 1. The summed E-state index contributed by atoms with van der Waals surface area (Å²) in [5, 5.41) is 0. The normalized spacial score (nSPS) is 10.7. The molecule has 0 aliphatic heterocycles. The zero-order valence-electron chi connectivity index (χ0n) is 11.8. The van der Waals surface area contributed by atoms with Crippen LogP contribution in [0.25, 0.3) is 0 Å². The smallest absolute Gasteiger partial charge is 0.226 e. The third-order valence-corrected chi connectivity index (χ3v) is 3.28. The first kappa shape index (κ1) is 15.8. The van der Waals surface area contributed by atoms with Crippen LogP contribution >= 0.6 is 12.2 Å². The van der Waals surface area contributed by atoms with Crippen LogP contribution in [0.5, 0.6) is 0 Å². The molecule has 1 aromatic heterocycles. The fourth-order valence-electron chi connectivity index (χ4n) is 1.99. The lowest BCUT2D eigenvalue weighted by atomic mass is 10.1. The maximum absolute atomic E-state index is 5.62. The van der Waals surface area contributed by atoms with E-state index in [1.807, 2.05) is 0 Å². The van der Waals surface area contributed by atoms with Gasteiger partial charge in [0.05, 0.1) is 6.61 Å². The van der Waals surface area contributed by atoms with Crippen LogP contribution in [0, 0.1) is 0 Å². The van der Waals surface area contributed by atoms with Gasteiger partial charge in [-0.2, -0.15) is 0 Å². The van der Waals surface area contributed by atoms with Crippen molar-refractivity contribution in [2.24, 2.45) is 5.73 Å². The summed E-state index contributed by atoms with van der Waals surface area (Å²) in [5.41, 5.74) is 6.23. The standard InChI is InChI=1S/C13H22N4OS/c1-4-10(5-2)17(8-9-18-3)13-15-7-6-11(16-13)12(14)19/h6-7,10H,4-5,8-9H2,1-3H3,(H2,14,19). The summed E-state index contributed by atoms with van der Waals surface area (Å²) in [6.07, 6.45) is 3.75. The van der Waals surface area contributed by atoms with Crippen molar-refractivity contribution >= 4 is 23.2 Å². The van der Waals surface area contributed by atoms with Crippen LogP contribution in [0.4, 0.5) is 5.95 Å². The zero-order chi connectivity index (χ0) is 14.3. The van der Waals surface area contributed by atoms with E-state index in [1.165, 1.54) is 0 Å². The van der Waals surface area contributed by atoms with Crippen molar-refractivity contribution in [1.29, 1.82) is 0 Å². The van der Waals surface area contributed by atoms with E-state index in [9.17, 15) is 0 Å². The molecule has 5 nitrogen and oxygen atoms in total. The Bertz CT molecular complexity index is 409. The summed E-state index contributed by atoms with van der Waals surface area (Å²) in [5.74, 6) is 0.663. The fraction of sp³-hybridized carbons (Fsp3) is 0.615. The van der Waals surface area contributed by atoms with Crippen molar-refractivity contribution in [3.05, 3.63) is 18.0 Å². The molecule has 106 valence electrons. The molecule has 0 amide bonds. The molecule has 0 fully saturated rings. The third kappa shape index (κ3) is 4.40. The van der Waals surface area contributed by atoms with E-state index < -0.39 is 0 Å². The van der Waals surface area contributed by atoms with Gasteiger partial charge in [0.2, 0.25) is 5.95 Å². The maximum atomic E-state index is 5.62. The molecule has 1 aromatic rings. The molecule has 0 unspecified atom stereocenters. The average molecular weight is 282 g/mol. The van der Waals surface area contributed by atoms with Crippen molar-refractivity contribution in [3.8, 4) is 0 Å². The molecule has 6 heteroatoms. The molecule has 0 spiro atoms. The largest absolute Gasteiger partial charge is 0.388 e. The number of methoxy groups -OCH3 is 1. The van der Waals surface area contributed by atoms with Crippen LogP contribution in [0.3, 0.4) is 0 Å². The van der Waals surface area contributed by atoms with Gasteiger partial charge < -0.3 is 15.4 Å². The molecule has 0 saturated heterocycles. The van der Waals surface area contributed by atoms with E-state index in [0.29, 0.717) is 29.3 Å². The first-order chi connectivity index (χ1) is 9.13. The minimum Gasteiger partial charge on any atom is -0.388 e. The zero-order valence-corrected chi connectivity index (χ0v) is 12.6. The molecule has 1 rings (SSSR count). The molecule has 19 heavy (non-hydrogen) atoms. The van der Waals surface area contributed by atoms with E-state index in [1.54, 1.807) is 19.4 Å². The van der Waals surface area contributed by atoms with Crippen molar-refractivity contribution in [1.82, 2.24) is 9.97 Å². The van der Waals surface area contributed by atoms with Crippen molar-refractivity contribution in [2.45, 2.75) is 32.7 Å². The van der Waals surface area contributed by atoms with Crippen LogP contribution in [0.2, 0.25) is 0 Å². The van der Waals surface area contributed by atoms with Gasteiger partial charge in [-0.3, -0.25) is 0 Å². The number of anilines is 1. The Morgan fingerprint density at radius 1 is 1.47 bits per heavy atom. The van der Waals surface area contributed by atoms with Gasteiger partial charge in [-0.15, -0.1) is 0 Å². The molecular formula is C13H22N4OS. The van der Waals surface area contributed by atoms with E-state index in [2.05, 4.69) is 28.7 Å². The first-order valence-electron chi connectivity index (χ1n) is 6.52. The molecule has 1 heterocycles. The molecule has 2 N–H and O–H groups in total. The highest BCUT2D eigenvalue weighted by Gasteiger charge is 2.18. The Kier molecular flexibility index (Phi) is 6.66. The topological polar surface area (TPSA) is 64.3 Å². The van der Waals surface area contributed by atoms with Gasteiger partial charge in [-0.1, -0.05) is 26.1 Å². The number of thiocarbonyl (C=S) groups is 1. The molecule has 0 bridgehead atoms. The SMILES string of the molecule is CCC(CC)N(CCOC)c1nccc(C(N)=S)n1. The van der Waals surface area contributed by atoms with Crippen LogP contribution < -0.4 is 10.6 Å². The quantitative estimate of drug-likeness (QED) is 0.733. The van der Waals surface area contributed by atoms with Gasteiger partial charge in [-0.25, -0.2) is 9.97 Å². The number of nitrogens with zero attached hydrogens (tertiary/aromatic N) is 3. The van der Waals surface area contributed by atoms with E-state index in [4.69, 9.17) is 22.7 Å². The van der Waals surface area contributed by atoms with Crippen LogP contribution in [-0.2, 0) is 4.74 Å². The second-order valence-electron chi connectivity index (χ2n) is 4.26. The molecular weight excluding hydrogens is 260 g/mol. The fourth-order valence-corrected chi connectivity index (χ4v) is 2.10. The Labute approximate surface area is 120 Å². The Morgan fingerprint density at radius 3 is 2.68 bits per heavy atom. The lowest BCUT2D eigenvalue weighted by Gasteiger charge is -2.30. The lowest BCUT2D eigenvalue weighted by molar-refractivity contribution is 0.202. The van der Waals surface area contributed by atoms with Crippen molar-refractivity contribution < 1.29 is 4.74 Å². The average Bonchev–Trinajstić information content (AvgIpc) is 2.43. The van der Waals surface area contributed by atoms with Gasteiger partial charge in [0.25, 0.3) is 0 Å². The second kappa shape index (κ2) is 8.01. The molecule has 0 aliphatic rings. The Hall–Kier alpha value is -1.27. The Morgan fingerprint density at radius 2 is 2.16 bits per heavy atom. The number of ether oxygens (including phenoxy) is 1. The number of hydrogen-bond acceptors (Lipinski definition) is 5. The van der Waals surface area contributed by atoms with E-state index in [-0.39, 0.29) is 0 Å². The minimum atomic E-state index is 0.292. The summed E-state index contributed by atoms with van der Waals surface area (Å²) < 4.78 is 5.16. The minimum absolute atomic E-state index is 0.292. The third-order valence-electron chi connectivity index (χ3n) is 3.07. The number of rotatable bonds is 8. The van der Waals surface area contributed by atoms with Crippen LogP contribution in [-0.4, -0.2) is 41.3 Å². The van der Waals surface area contributed by atoms with E-state index >= 15 is 0 Å². The summed E-state index contributed by atoms with van der Waals surface area (Å²) in [7, 11) is 1.69. The molecule has 0 aliphatic carbocycles. The van der Waals surface area contributed by atoms with E-state index in [0.717, 1.165) is 19.4 Å². The molecule has 0 radical (unpaired) electrons. The Balaban J connectivity index is 3.01. The van der Waals surface area contributed by atoms with Gasteiger partial charge in [-0.05, 0) is 18.9 Å². The summed E-state index contributed by atoms with van der Waals surface area (Å²) in [6, 6.07) is 2.12. The highest BCUT2D eigenvalue weighted by atomic mass is 32.1. The highest BCUT2D eigenvalue weighted by molar-refractivity contribution is 7.80. The summed E-state index contributed by atoms with van der Waals surface area (Å²) >= 11 is 4.96. The van der Waals surface area contributed by atoms with Gasteiger partial charge in [0.1, 0.15) is 10.7 Å². The van der Waals surface area contributed by atoms with Gasteiger partial charge in [0, 0.05) is 25.9 Å². The lowest BCUT2D eigenvalue weighted by Crippen LogP contribution is -2.38. The molecule has 0 saturated carbocycles. The predicted molar refractivity (Wildman–Crippen MR) is 81.5 cm³/mol. The maximum Gasteiger partial charge on any atom is 0.226 e. The number of hydrogen-bond donors (Lipinski definition) is 1. The van der Waals surface area contributed by atoms with Gasteiger partial charge >= 0.3 is 0 Å². The molecule has 0 aromatic carbocycles. The summed E-state index contributed by atoms with van der Waals surface area (Å²) in [4.78, 5) is 11.2. The second-order valence-corrected chi connectivity index (χ2v) is 4.70. The van der Waals surface area contributed by atoms with Crippen molar-refractivity contribution in [2.75, 3.05) is 25.2 Å². The highest BCUT2D eigenvalue weighted by Crippen LogP contribution is 2.16. The number of aromatic nitrogens is 2. The van der Waals surface area contributed by atoms with Crippen molar-refractivity contribution in [3.63, 3.8) is 0 Å².